The van der Waals surface area contributed by atoms with E-state index in [0.717, 1.165) is 34.0 Å². The second kappa shape index (κ2) is 6.79. The zero-order chi connectivity index (χ0) is 18.8. The number of benzene rings is 2. The van der Waals surface area contributed by atoms with Gasteiger partial charge in [0.1, 0.15) is 11.4 Å². The SMILES string of the molecule is Cc1ccc(NC(=O)c2c[nH]c(=O)n(-c3ccc(F)cc3)c2=O)c(C)c1. The van der Waals surface area contributed by atoms with Gasteiger partial charge in [-0.05, 0) is 49.7 Å². The Labute approximate surface area is 147 Å². The third-order valence-corrected chi connectivity index (χ3v) is 3.94. The van der Waals surface area contributed by atoms with Crippen LogP contribution in [0.2, 0.25) is 0 Å². The molecule has 1 aromatic heterocycles. The van der Waals surface area contributed by atoms with Gasteiger partial charge in [-0.25, -0.2) is 13.8 Å². The molecule has 1 amide bonds. The minimum Gasteiger partial charge on any atom is -0.322 e. The number of amides is 1. The predicted octanol–water partition coefficient (Wildman–Crippen LogP) is 2.53. The van der Waals surface area contributed by atoms with Gasteiger partial charge < -0.3 is 10.3 Å². The highest BCUT2D eigenvalue weighted by Gasteiger charge is 2.16. The van der Waals surface area contributed by atoms with Crippen molar-refractivity contribution >= 4 is 11.6 Å². The van der Waals surface area contributed by atoms with E-state index in [1.165, 1.54) is 12.1 Å². The van der Waals surface area contributed by atoms with E-state index in [2.05, 4.69) is 10.3 Å². The molecule has 2 aromatic carbocycles. The molecule has 0 radical (unpaired) electrons. The summed E-state index contributed by atoms with van der Waals surface area (Å²) in [6.07, 6.45) is 1.07. The smallest absolute Gasteiger partial charge is 0.322 e. The predicted molar refractivity (Wildman–Crippen MR) is 96.5 cm³/mol. The van der Waals surface area contributed by atoms with Gasteiger partial charge in [-0.1, -0.05) is 17.7 Å². The molecule has 26 heavy (non-hydrogen) atoms. The summed E-state index contributed by atoms with van der Waals surface area (Å²) in [5.74, 6) is -1.14. The maximum atomic E-state index is 13.1. The number of anilines is 1. The van der Waals surface area contributed by atoms with Gasteiger partial charge in [0.15, 0.2) is 0 Å². The van der Waals surface area contributed by atoms with Crippen LogP contribution in [0.5, 0.6) is 0 Å². The van der Waals surface area contributed by atoms with Crippen LogP contribution < -0.4 is 16.6 Å². The molecule has 0 spiro atoms. The summed E-state index contributed by atoms with van der Waals surface area (Å²) in [5, 5.41) is 2.67. The van der Waals surface area contributed by atoms with Gasteiger partial charge in [0, 0.05) is 11.9 Å². The summed E-state index contributed by atoms with van der Waals surface area (Å²) < 4.78 is 13.9. The van der Waals surface area contributed by atoms with Crippen LogP contribution in [0, 0.1) is 19.7 Å². The highest BCUT2D eigenvalue weighted by atomic mass is 19.1. The number of rotatable bonds is 3. The lowest BCUT2D eigenvalue weighted by Crippen LogP contribution is -2.38. The zero-order valence-corrected chi connectivity index (χ0v) is 14.2. The van der Waals surface area contributed by atoms with Gasteiger partial charge in [-0.15, -0.1) is 0 Å². The van der Waals surface area contributed by atoms with Gasteiger partial charge >= 0.3 is 5.69 Å². The number of carbonyl (C=O) groups excluding carboxylic acids is 1. The fourth-order valence-electron chi connectivity index (χ4n) is 2.60. The molecular weight excluding hydrogens is 337 g/mol. The van der Waals surface area contributed by atoms with Crippen LogP contribution >= 0.6 is 0 Å². The molecule has 0 aliphatic carbocycles. The fourth-order valence-corrected chi connectivity index (χ4v) is 2.60. The van der Waals surface area contributed by atoms with E-state index in [0.29, 0.717) is 5.69 Å². The number of aromatic amines is 1. The van der Waals surface area contributed by atoms with Crippen molar-refractivity contribution in [2.24, 2.45) is 0 Å². The number of H-pyrrole nitrogens is 1. The summed E-state index contributed by atoms with van der Waals surface area (Å²) in [5.41, 5.74) is 0.893. The normalized spacial score (nSPS) is 10.6. The molecule has 6 nitrogen and oxygen atoms in total. The molecule has 0 saturated carbocycles. The van der Waals surface area contributed by atoms with E-state index in [1.54, 1.807) is 6.07 Å². The van der Waals surface area contributed by atoms with Crippen molar-refractivity contribution in [3.63, 3.8) is 0 Å². The summed E-state index contributed by atoms with van der Waals surface area (Å²) in [6, 6.07) is 10.3. The lowest BCUT2D eigenvalue weighted by Gasteiger charge is -2.10. The van der Waals surface area contributed by atoms with Crippen LogP contribution in [-0.2, 0) is 0 Å². The Morgan fingerprint density at radius 3 is 2.42 bits per heavy atom. The zero-order valence-electron chi connectivity index (χ0n) is 14.2. The summed E-state index contributed by atoms with van der Waals surface area (Å²) >= 11 is 0. The Balaban J connectivity index is 2.02. The number of hydrogen-bond acceptors (Lipinski definition) is 3. The first-order chi connectivity index (χ1) is 12.4. The lowest BCUT2D eigenvalue weighted by molar-refractivity contribution is 0.102. The Bertz CT molecular complexity index is 1100. The van der Waals surface area contributed by atoms with E-state index in [9.17, 15) is 18.8 Å². The second-order valence-electron chi connectivity index (χ2n) is 5.90. The van der Waals surface area contributed by atoms with Crippen molar-refractivity contribution in [2.45, 2.75) is 13.8 Å². The van der Waals surface area contributed by atoms with Gasteiger partial charge in [0.05, 0.1) is 5.69 Å². The molecule has 2 N–H and O–H groups in total. The number of nitrogens with zero attached hydrogens (tertiary/aromatic N) is 1. The third kappa shape index (κ3) is 3.32. The second-order valence-corrected chi connectivity index (χ2v) is 5.90. The number of carbonyl (C=O) groups is 1. The van der Waals surface area contributed by atoms with Crippen LogP contribution in [0.4, 0.5) is 10.1 Å². The van der Waals surface area contributed by atoms with Crippen LogP contribution in [0.25, 0.3) is 5.69 Å². The van der Waals surface area contributed by atoms with E-state index in [4.69, 9.17) is 0 Å². The minimum absolute atomic E-state index is 0.166. The lowest BCUT2D eigenvalue weighted by atomic mass is 10.1. The Morgan fingerprint density at radius 2 is 1.77 bits per heavy atom. The number of hydrogen-bond donors (Lipinski definition) is 2. The van der Waals surface area contributed by atoms with E-state index in [-0.39, 0.29) is 11.3 Å². The molecule has 132 valence electrons. The minimum atomic E-state index is -0.789. The number of aromatic nitrogens is 2. The van der Waals surface area contributed by atoms with Crippen molar-refractivity contribution < 1.29 is 9.18 Å². The fraction of sp³-hybridized carbons (Fsp3) is 0.105. The van der Waals surface area contributed by atoms with Crippen molar-refractivity contribution in [2.75, 3.05) is 5.32 Å². The molecular formula is C19H16FN3O3. The van der Waals surface area contributed by atoms with Crippen molar-refractivity contribution in [1.29, 1.82) is 0 Å². The monoisotopic (exact) mass is 353 g/mol. The number of aryl methyl sites for hydroxylation is 2. The van der Waals surface area contributed by atoms with Gasteiger partial charge in [-0.2, -0.15) is 0 Å². The first-order valence-corrected chi connectivity index (χ1v) is 7.86. The molecule has 3 aromatic rings. The molecule has 3 rings (SSSR count). The average Bonchev–Trinajstić information content (AvgIpc) is 2.59. The molecule has 7 heteroatoms. The molecule has 0 unspecified atom stereocenters. The molecule has 0 fully saturated rings. The highest BCUT2D eigenvalue weighted by Crippen LogP contribution is 2.16. The van der Waals surface area contributed by atoms with Gasteiger partial charge in [-0.3, -0.25) is 9.59 Å². The van der Waals surface area contributed by atoms with Crippen LogP contribution in [0.15, 0.2) is 58.3 Å². The topological polar surface area (TPSA) is 84.0 Å². The maximum Gasteiger partial charge on any atom is 0.333 e. The van der Waals surface area contributed by atoms with Gasteiger partial charge in [0.25, 0.3) is 11.5 Å². The Morgan fingerprint density at radius 1 is 1.08 bits per heavy atom. The maximum absolute atomic E-state index is 13.1. The third-order valence-electron chi connectivity index (χ3n) is 3.94. The van der Waals surface area contributed by atoms with Crippen molar-refractivity contribution in [1.82, 2.24) is 9.55 Å². The average molecular weight is 353 g/mol. The summed E-state index contributed by atoms with van der Waals surface area (Å²) in [6.45, 7) is 3.77. The molecule has 0 atom stereocenters. The molecule has 0 saturated heterocycles. The standard InChI is InChI=1S/C19H16FN3O3/c1-11-3-8-16(12(2)9-11)22-17(24)15-10-21-19(26)23(18(15)25)14-6-4-13(20)5-7-14/h3-10H,1-2H3,(H,21,26)(H,22,24). The van der Waals surface area contributed by atoms with Crippen molar-refractivity contribution in [3.05, 3.63) is 92.0 Å². The first-order valence-electron chi connectivity index (χ1n) is 7.86. The van der Waals surface area contributed by atoms with Gasteiger partial charge in [0.2, 0.25) is 0 Å². The largest absolute Gasteiger partial charge is 0.333 e. The summed E-state index contributed by atoms with van der Waals surface area (Å²) in [4.78, 5) is 39.5. The molecule has 1 heterocycles. The molecule has 0 aliphatic heterocycles. The Kier molecular flexibility index (Phi) is 4.53. The first kappa shape index (κ1) is 17.3. The number of nitrogens with one attached hydrogen (secondary N) is 2. The molecule has 0 aliphatic rings. The van der Waals surface area contributed by atoms with Crippen molar-refractivity contribution in [3.8, 4) is 5.69 Å². The van der Waals surface area contributed by atoms with Crippen LogP contribution in [-0.4, -0.2) is 15.5 Å². The summed E-state index contributed by atoms with van der Waals surface area (Å²) in [7, 11) is 0. The number of halogens is 1. The Hall–Kier alpha value is -3.48. The van der Waals surface area contributed by atoms with E-state index >= 15 is 0 Å². The highest BCUT2D eigenvalue weighted by molar-refractivity contribution is 6.04. The van der Waals surface area contributed by atoms with E-state index < -0.39 is 23.0 Å². The van der Waals surface area contributed by atoms with E-state index in [1.807, 2.05) is 26.0 Å². The quantitative estimate of drug-likeness (QED) is 0.759. The molecule has 0 bridgehead atoms. The van der Waals surface area contributed by atoms with Crippen LogP contribution in [0.3, 0.4) is 0 Å². The van der Waals surface area contributed by atoms with Crippen LogP contribution in [0.1, 0.15) is 21.5 Å².